The fourth-order valence-corrected chi connectivity index (χ4v) is 5.72. The van der Waals surface area contributed by atoms with E-state index < -0.39 is 23.9 Å². The number of alkyl halides is 3. The lowest BCUT2D eigenvalue weighted by molar-refractivity contribution is -0.274. The number of ether oxygens (including phenoxy) is 1. The van der Waals surface area contributed by atoms with Gasteiger partial charge in [0.05, 0.1) is 18.9 Å². The Morgan fingerprint density at radius 3 is 2.43 bits per heavy atom. The molecule has 3 heterocycles. The summed E-state index contributed by atoms with van der Waals surface area (Å²) in [6, 6.07) is 17.6. The van der Waals surface area contributed by atoms with Crippen LogP contribution in [-0.4, -0.2) is 63.4 Å². The summed E-state index contributed by atoms with van der Waals surface area (Å²) in [4.78, 5) is 27.2. The van der Waals surface area contributed by atoms with Gasteiger partial charge in [0.15, 0.2) is 11.6 Å². The van der Waals surface area contributed by atoms with Crippen molar-refractivity contribution < 1.29 is 32.6 Å². The van der Waals surface area contributed by atoms with Crippen LogP contribution in [0.5, 0.6) is 5.75 Å². The van der Waals surface area contributed by atoms with E-state index in [-0.39, 0.29) is 30.7 Å². The van der Waals surface area contributed by atoms with Crippen LogP contribution < -0.4 is 20.3 Å². The Labute approximate surface area is 254 Å². The van der Waals surface area contributed by atoms with Gasteiger partial charge in [0.25, 0.3) is 0 Å². The van der Waals surface area contributed by atoms with Crippen molar-refractivity contribution in [2.45, 2.75) is 37.5 Å². The van der Waals surface area contributed by atoms with E-state index in [2.05, 4.69) is 40.7 Å². The first-order valence-electron chi connectivity index (χ1n) is 13.7. The molecular weight excluding hydrogens is 599 g/mol. The highest BCUT2D eigenvalue weighted by atomic mass is 32.1. The molecule has 0 spiro atoms. The predicted octanol–water partition coefficient (Wildman–Crippen LogP) is 4.51. The number of halogens is 3. The van der Waals surface area contributed by atoms with Gasteiger partial charge in [0, 0.05) is 19.0 Å². The Bertz CT molecular complexity index is 1560. The van der Waals surface area contributed by atoms with E-state index in [4.69, 9.17) is 0 Å². The monoisotopic (exact) mass is 627 g/mol. The van der Waals surface area contributed by atoms with Crippen LogP contribution in [0, 0.1) is 0 Å². The number of carbonyl (C=O) groups excluding carboxylic acids is 2. The second-order valence-electron chi connectivity index (χ2n) is 10.0. The van der Waals surface area contributed by atoms with Gasteiger partial charge >= 0.3 is 6.36 Å². The molecule has 11 nitrogen and oxygen atoms in total. The average molecular weight is 628 g/mol. The molecule has 1 aliphatic rings. The summed E-state index contributed by atoms with van der Waals surface area (Å²) in [5.74, 6) is -0.898. The molecule has 0 radical (unpaired) electrons. The molecule has 1 atom stereocenters. The molecule has 5 rings (SSSR count). The molecule has 230 valence electrons. The molecule has 4 aromatic rings. The largest absolute Gasteiger partial charge is 0.573 e. The number of piperidine rings is 1. The number of carbonyl (C=O) groups is 2. The normalized spacial score (nSPS) is 14.6. The number of nitrogens with zero attached hydrogens (tertiary/aromatic N) is 5. The van der Waals surface area contributed by atoms with Gasteiger partial charge in [0.2, 0.25) is 16.9 Å². The van der Waals surface area contributed by atoms with Crippen molar-refractivity contribution in [2.75, 3.05) is 35.2 Å². The number of rotatable bonds is 10. The molecular formula is C29H28F3N7O4S. The lowest BCUT2D eigenvalue weighted by Crippen LogP contribution is -2.33. The van der Waals surface area contributed by atoms with Crippen LogP contribution in [0.2, 0.25) is 0 Å². The first kappa shape index (κ1) is 30.8. The number of hydrogen-bond acceptors (Lipinski definition) is 10. The molecule has 0 saturated carbocycles. The summed E-state index contributed by atoms with van der Waals surface area (Å²) in [5, 5.41) is 33.0. The summed E-state index contributed by atoms with van der Waals surface area (Å²) in [6.45, 7) is 1.04. The Hall–Kier alpha value is -4.63. The lowest BCUT2D eigenvalue weighted by Gasteiger charge is -2.31. The van der Waals surface area contributed by atoms with Crippen molar-refractivity contribution in [2.24, 2.45) is 0 Å². The van der Waals surface area contributed by atoms with E-state index in [1.165, 1.54) is 23.5 Å². The van der Waals surface area contributed by atoms with Gasteiger partial charge in [-0.05, 0) is 48.2 Å². The van der Waals surface area contributed by atoms with E-state index in [1.807, 2.05) is 18.2 Å². The summed E-state index contributed by atoms with van der Waals surface area (Å²) in [6.07, 6.45) is -3.42. The molecule has 3 N–H and O–H groups in total. The van der Waals surface area contributed by atoms with E-state index in [9.17, 15) is 27.9 Å². The SMILES string of the molecule is O=C(Cc1cccc(OC(F)(F)F)c1)Nc1ccc(N2CCC(c3nnc(NC(=O)C(CO)c4ccccc4)s3)CC2)nn1. The van der Waals surface area contributed by atoms with Gasteiger partial charge in [-0.2, -0.15) is 0 Å². The number of aromatic nitrogens is 4. The van der Waals surface area contributed by atoms with E-state index in [0.29, 0.717) is 35.2 Å². The van der Waals surface area contributed by atoms with Crippen LogP contribution in [0.4, 0.5) is 29.9 Å². The van der Waals surface area contributed by atoms with Gasteiger partial charge in [-0.1, -0.05) is 53.8 Å². The highest BCUT2D eigenvalue weighted by Gasteiger charge is 2.31. The zero-order chi connectivity index (χ0) is 31.1. The minimum absolute atomic E-state index is 0.156. The van der Waals surface area contributed by atoms with Crippen molar-refractivity contribution in [3.8, 4) is 5.75 Å². The summed E-state index contributed by atoms with van der Waals surface area (Å²) in [5.41, 5.74) is 1.07. The molecule has 1 saturated heterocycles. The van der Waals surface area contributed by atoms with Gasteiger partial charge in [-0.25, -0.2) is 0 Å². The minimum atomic E-state index is -4.82. The molecule has 1 unspecified atom stereocenters. The van der Waals surface area contributed by atoms with Gasteiger partial charge in [-0.3, -0.25) is 14.9 Å². The molecule has 0 aliphatic carbocycles. The Morgan fingerprint density at radius 2 is 1.75 bits per heavy atom. The number of nitrogens with one attached hydrogen (secondary N) is 2. The maximum absolute atomic E-state index is 12.7. The average Bonchev–Trinajstić information content (AvgIpc) is 3.46. The summed E-state index contributed by atoms with van der Waals surface area (Å²) in [7, 11) is 0. The number of benzene rings is 2. The van der Waals surface area contributed by atoms with Gasteiger partial charge in [0.1, 0.15) is 10.8 Å². The maximum atomic E-state index is 12.7. The first-order chi connectivity index (χ1) is 21.2. The third-order valence-corrected chi connectivity index (χ3v) is 7.96. The zero-order valence-corrected chi connectivity index (χ0v) is 24.0. The van der Waals surface area contributed by atoms with Crippen molar-refractivity contribution in [3.05, 3.63) is 82.9 Å². The van der Waals surface area contributed by atoms with E-state index >= 15 is 0 Å². The number of aliphatic hydroxyl groups excluding tert-OH is 1. The predicted molar refractivity (Wildman–Crippen MR) is 156 cm³/mol. The number of hydrogen-bond donors (Lipinski definition) is 3. The second kappa shape index (κ2) is 13.8. The van der Waals surface area contributed by atoms with Crippen molar-refractivity contribution in [1.82, 2.24) is 20.4 Å². The molecule has 2 amide bonds. The number of aliphatic hydroxyl groups is 1. The molecule has 2 aromatic carbocycles. The van der Waals surface area contributed by atoms with Crippen molar-refractivity contribution in [3.63, 3.8) is 0 Å². The Balaban J connectivity index is 1.10. The third kappa shape index (κ3) is 8.26. The maximum Gasteiger partial charge on any atom is 0.573 e. The van der Waals surface area contributed by atoms with Crippen molar-refractivity contribution >= 4 is 39.9 Å². The Kier molecular flexibility index (Phi) is 9.65. The highest BCUT2D eigenvalue weighted by Crippen LogP contribution is 2.33. The number of anilines is 3. The molecule has 2 aromatic heterocycles. The Morgan fingerprint density at radius 1 is 0.977 bits per heavy atom. The fraction of sp³-hybridized carbons (Fsp3) is 0.310. The lowest BCUT2D eigenvalue weighted by atomic mass is 9.98. The van der Waals surface area contributed by atoms with Crippen LogP contribution in [0.15, 0.2) is 66.7 Å². The standard InChI is InChI=1S/C29H28F3N7O4S/c30-29(31,32)43-21-8-4-5-18(15-21)16-25(41)33-23-9-10-24(36-35-23)39-13-11-20(12-14-39)27-37-38-28(44-27)34-26(42)22(17-40)19-6-2-1-3-7-19/h1-10,15,20,22,40H,11-14,16-17H2,(H,33,35,41)(H,34,38,42). The molecule has 44 heavy (non-hydrogen) atoms. The number of amides is 2. The van der Waals surface area contributed by atoms with Crippen LogP contribution >= 0.6 is 11.3 Å². The molecule has 15 heteroatoms. The summed E-state index contributed by atoms with van der Waals surface area (Å²) < 4.78 is 41.3. The third-order valence-electron chi connectivity index (χ3n) is 6.95. The first-order valence-corrected chi connectivity index (χ1v) is 14.5. The topological polar surface area (TPSA) is 142 Å². The quantitative estimate of drug-likeness (QED) is 0.232. The highest BCUT2D eigenvalue weighted by molar-refractivity contribution is 7.15. The molecule has 1 fully saturated rings. The molecule has 1 aliphatic heterocycles. The van der Waals surface area contributed by atoms with Crippen LogP contribution in [0.25, 0.3) is 0 Å². The van der Waals surface area contributed by atoms with Crippen LogP contribution in [-0.2, 0) is 16.0 Å². The fourth-order valence-electron chi connectivity index (χ4n) is 4.81. The van der Waals surface area contributed by atoms with E-state index in [0.717, 1.165) is 30.0 Å². The van der Waals surface area contributed by atoms with Crippen molar-refractivity contribution in [1.29, 1.82) is 0 Å². The summed E-state index contributed by atoms with van der Waals surface area (Å²) >= 11 is 1.32. The van der Waals surface area contributed by atoms with E-state index in [1.54, 1.807) is 24.3 Å². The second-order valence-corrected chi connectivity index (χ2v) is 11.0. The minimum Gasteiger partial charge on any atom is -0.406 e. The van der Waals surface area contributed by atoms with Crippen LogP contribution in [0.3, 0.4) is 0 Å². The van der Waals surface area contributed by atoms with Gasteiger partial charge in [-0.15, -0.1) is 33.6 Å². The van der Waals surface area contributed by atoms with Crippen LogP contribution in [0.1, 0.15) is 40.8 Å². The van der Waals surface area contributed by atoms with Gasteiger partial charge < -0.3 is 20.1 Å². The zero-order valence-electron chi connectivity index (χ0n) is 23.2. The smallest absolute Gasteiger partial charge is 0.406 e. The molecule has 0 bridgehead atoms.